The number of aryl methyl sites for hydroxylation is 2. The molecule has 98 valence electrons. The summed E-state index contributed by atoms with van der Waals surface area (Å²) in [5, 5.41) is 17.3. The van der Waals surface area contributed by atoms with Crippen molar-refractivity contribution in [2.45, 2.75) is 39.3 Å². The summed E-state index contributed by atoms with van der Waals surface area (Å²) in [6.07, 6.45) is 2.57. The van der Waals surface area contributed by atoms with E-state index in [4.69, 9.17) is 0 Å². The van der Waals surface area contributed by atoms with Crippen molar-refractivity contribution in [1.82, 2.24) is 14.8 Å². The lowest BCUT2D eigenvalue weighted by Gasteiger charge is -2.09. The van der Waals surface area contributed by atoms with Gasteiger partial charge in [0.05, 0.1) is 15.9 Å². The van der Waals surface area contributed by atoms with Crippen LogP contribution in [-0.4, -0.2) is 19.9 Å². The minimum atomic E-state index is -0.562. The lowest BCUT2D eigenvalue weighted by molar-refractivity contribution is 0.174. The molecule has 1 unspecified atom stereocenters. The number of aliphatic hydroxyl groups excluding tert-OH is 1. The van der Waals surface area contributed by atoms with Crippen LogP contribution in [-0.2, 0) is 19.4 Å². The van der Waals surface area contributed by atoms with Crippen molar-refractivity contribution in [1.29, 1.82) is 0 Å². The first kappa shape index (κ1) is 13.7. The van der Waals surface area contributed by atoms with Gasteiger partial charge in [0.1, 0.15) is 11.1 Å². The van der Waals surface area contributed by atoms with Crippen LogP contribution in [0, 0.1) is 0 Å². The maximum absolute atomic E-state index is 10.2. The second-order valence-corrected chi connectivity index (χ2v) is 5.69. The predicted molar refractivity (Wildman–Crippen MR) is 75.8 cm³/mol. The van der Waals surface area contributed by atoms with E-state index in [2.05, 4.69) is 39.9 Å². The van der Waals surface area contributed by atoms with Gasteiger partial charge in [0.2, 0.25) is 0 Å². The van der Waals surface area contributed by atoms with Crippen molar-refractivity contribution in [3.63, 3.8) is 0 Å². The fourth-order valence-electron chi connectivity index (χ4n) is 1.88. The van der Waals surface area contributed by atoms with Crippen molar-refractivity contribution in [2.75, 3.05) is 0 Å². The van der Waals surface area contributed by atoms with Crippen LogP contribution in [0.25, 0.3) is 0 Å². The molecule has 2 heterocycles. The normalized spacial score (nSPS) is 12.9. The molecule has 0 spiro atoms. The molecule has 0 aliphatic carbocycles. The third-order valence-corrected chi connectivity index (χ3v) is 4.61. The minimum absolute atomic E-state index is 0.537. The molecule has 18 heavy (non-hydrogen) atoms. The van der Waals surface area contributed by atoms with Crippen LogP contribution in [0.4, 0.5) is 0 Å². The average Bonchev–Trinajstić information content (AvgIpc) is 2.99. The summed E-state index contributed by atoms with van der Waals surface area (Å²) in [5.74, 6) is 0. The van der Waals surface area contributed by atoms with E-state index in [9.17, 15) is 5.11 Å². The number of hydrogen-bond acceptors (Lipinski definition) is 4. The van der Waals surface area contributed by atoms with Gasteiger partial charge in [0.15, 0.2) is 0 Å². The Hall–Kier alpha value is -0.720. The van der Waals surface area contributed by atoms with Crippen LogP contribution in [0.15, 0.2) is 16.0 Å². The largest absolute Gasteiger partial charge is 0.386 e. The van der Waals surface area contributed by atoms with E-state index in [1.807, 2.05) is 10.1 Å². The number of halogens is 1. The average molecular weight is 330 g/mol. The van der Waals surface area contributed by atoms with E-state index in [0.717, 1.165) is 33.8 Å². The molecule has 0 bridgehead atoms. The number of aromatic nitrogens is 3. The van der Waals surface area contributed by atoms with Crippen LogP contribution < -0.4 is 0 Å². The molecule has 6 heteroatoms. The third kappa shape index (κ3) is 2.65. The van der Waals surface area contributed by atoms with Gasteiger partial charge in [0.25, 0.3) is 0 Å². The summed E-state index contributed by atoms with van der Waals surface area (Å²) in [5.41, 5.74) is 2.08. The van der Waals surface area contributed by atoms with Gasteiger partial charge in [-0.15, -0.1) is 11.3 Å². The highest BCUT2D eigenvalue weighted by Crippen LogP contribution is 2.27. The Balaban J connectivity index is 2.25. The molecule has 0 radical (unpaired) electrons. The fraction of sp³-hybridized carbons (Fsp3) is 0.500. The van der Waals surface area contributed by atoms with E-state index in [0.29, 0.717) is 6.42 Å². The summed E-state index contributed by atoms with van der Waals surface area (Å²) in [4.78, 5) is 4.15. The van der Waals surface area contributed by atoms with Gasteiger partial charge in [-0.05, 0) is 29.3 Å². The smallest absolute Gasteiger partial charge is 0.122 e. The molecule has 0 aliphatic rings. The highest BCUT2D eigenvalue weighted by Gasteiger charge is 2.19. The maximum Gasteiger partial charge on any atom is 0.122 e. The van der Waals surface area contributed by atoms with Crippen LogP contribution in [0.2, 0.25) is 0 Å². The van der Waals surface area contributed by atoms with Crippen molar-refractivity contribution in [3.8, 4) is 0 Å². The highest BCUT2D eigenvalue weighted by molar-refractivity contribution is 9.10. The molecule has 0 aromatic carbocycles. The number of thiazole rings is 1. The molecule has 4 nitrogen and oxygen atoms in total. The third-order valence-electron chi connectivity index (χ3n) is 2.82. The number of rotatable bonds is 5. The summed E-state index contributed by atoms with van der Waals surface area (Å²) < 4.78 is 2.96. The van der Waals surface area contributed by atoms with Crippen molar-refractivity contribution in [3.05, 3.63) is 32.4 Å². The van der Waals surface area contributed by atoms with E-state index in [1.54, 1.807) is 6.20 Å². The quantitative estimate of drug-likeness (QED) is 0.917. The van der Waals surface area contributed by atoms with Gasteiger partial charge in [-0.3, -0.25) is 4.68 Å². The fourth-order valence-corrected chi connectivity index (χ4v) is 3.23. The lowest BCUT2D eigenvalue weighted by Crippen LogP contribution is -2.08. The molecular weight excluding hydrogens is 314 g/mol. The van der Waals surface area contributed by atoms with Gasteiger partial charge in [-0.25, -0.2) is 4.98 Å². The molecule has 1 atom stereocenters. The first-order chi connectivity index (χ1) is 8.67. The number of aliphatic hydroxyl groups is 1. The number of nitrogens with zero attached hydrogens (tertiary/aromatic N) is 3. The molecule has 0 fully saturated rings. The maximum atomic E-state index is 10.2. The standard InChI is InChI=1S/C12H16BrN3OS/c1-3-8-11(13)9(16(4-2)15-8)7-10(17)12-14-5-6-18-12/h5-6,10,17H,3-4,7H2,1-2H3. The first-order valence-electron chi connectivity index (χ1n) is 5.98. The summed E-state index contributed by atoms with van der Waals surface area (Å²) in [7, 11) is 0. The lowest BCUT2D eigenvalue weighted by atomic mass is 10.2. The molecule has 0 saturated carbocycles. The summed E-state index contributed by atoms with van der Waals surface area (Å²) in [6, 6.07) is 0. The van der Waals surface area contributed by atoms with Gasteiger partial charge in [-0.1, -0.05) is 6.92 Å². The highest BCUT2D eigenvalue weighted by atomic mass is 79.9. The van der Waals surface area contributed by atoms with Crippen molar-refractivity contribution >= 4 is 27.3 Å². The summed E-state index contributed by atoms with van der Waals surface area (Å²) >= 11 is 5.06. The zero-order valence-electron chi connectivity index (χ0n) is 10.4. The first-order valence-corrected chi connectivity index (χ1v) is 7.66. The Morgan fingerprint density at radius 1 is 1.50 bits per heavy atom. The van der Waals surface area contributed by atoms with Gasteiger partial charge < -0.3 is 5.11 Å². The molecule has 2 aromatic rings. The molecular formula is C12H16BrN3OS. The topological polar surface area (TPSA) is 50.9 Å². The van der Waals surface area contributed by atoms with E-state index >= 15 is 0 Å². The van der Waals surface area contributed by atoms with Crippen LogP contribution in [0.3, 0.4) is 0 Å². The molecule has 0 saturated heterocycles. The Bertz CT molecular complexity index is 510. The predicted octanol–water partition coefficient (Wildman–Crippen LogP) is 2.96. The second kappa shape index (κ2) is 5.95. The molecule has 2 aromatic heterocycles. The van der Waals surface area contributed by atoms with Gasteiger partial charge >= 0.3 is 0 Å². The van der Waals surface area contributed by atoms with E-state index in [-0.39, 0.29) is 0 Å². The van der Waals surface area contributed by atoms with Crippen molar-refractivity contribution < 1.29 is 5.11 Å². The minimum Gasteiger partial charge on any atom is -0.386 e. The molecule has 2 rings (SSSR count). The summed E-state index contributed by atoms with van der Waals surface area (Å²) in [6.45, 7) is 4.94. The van der Waals surface area contributed by atoms with E-state index < -0.39 is 6.10 Å². The Kier molecular flexibility index (Phi) is 4.53. The number of hydrogen-bond donors (Lipinski definition) is 1. The van der Waals surface area contributed by atoms with Crippen LogP contribution in [0.5, 0.6) is 0 Å². The van der Waals surface area contributed by atoms with Crippen molar-refractivity contribution in [2.24, 2.45) is 0 Å². The molecule has 0 amide bonds. The second-order valence-electron chi connectivity index (χ2n) is 3.97. The molecule has 1 N–H and O–H groups in total. The zero-order chi connectivity index (χ0) is 13.1. The Morgan fingerprint density at radius 3 is 2.83 bits per heavy atom. The SMILES string of the molecule is CCc1nn(CC)c(CC(O)c2nccs2)c1Br. The van der Waals surface area contributed by atoms with Gasteiger partial charge in [0, 0.05) is 24.5 Å². The monoisotopic (exact) mass is 329 g/mol. The molecule has 0 aliphatic heterocycles. The van der Waals surface area contributed by atoms with E-state index in [1.165, 1.54) is 11.3 Å². The van der Waals surface area contributed by atoms with Crippen LogP contribution in [0.1, 0.15) is 36.3 Å². The van der Waals surface area contributed by atoms with Crippen LogP contribution >= 0.6 is 27.3 Å². The zero-order valence-corrected chi connectivity index (χ0v) is 12.8. The Morgan fingerprint density at radius 2 is 2.28 bits per heavy atom. The van der Waals surface area contributed by atoms with Gasteiger partial charge in [-0.2, -0.15) is 5.10 Å². The Labute approximate surface area is 119 Å².